The second kappa shape index (κ2) is 8.32. The maximum atomic E-state index is 12.5. The minimum atomic E-state index is -0.377. The molecule has 3 aromatic heterocycles. The summed E-state index contributed by atoms with van der Waals surface area (Å²) >= 11 is 2.73. The van der Waals surface area contributed by atoms with Gasteiger partial charge in [0, 0.05) is 35.2 Å². The molecule has 0 aliphatic rings. The summed E-state index contributed by atoms with van der Waals surface area (Å²) in [5, 5.41) is 14.2. The van der Waals surface area contributed by atoms with Gasteiger partial charge < -0.3 is 5.32 Å². The molecule has 1 amide bonds. The van der Waals surface area contributed by atoms with Crippen LogP contribution in [0, 0.1) is 0 Å². The number of thiazole rings is 1. The van der Waals surface area contributed by atoms with E-state index in [1.165, 1.54) is 23.1 Å². The fraction of sp³-hybridized carbons (Fsp3) is 0.105. The van der Waals surface area contributed by atoms with E-state index in [-0.39, 0.29) is 11.2 Å². The first-order chi connectivity index (χ1) is 13.7. The molecule has 7 nitrogen and oxygen atoms in total. The van der Waals surface area contributed by atoms with Crippen molar-refractivity contribution >= 4 is 34.1 Å². The quantitative estimate of drug-likeness (QED) is 0.487. The average molecular weight is 409 g/mol. The molecule has 28 heavy (non-hydrogen) atoms. The Balaban J connectivity index is 1.65. The van der Waals surface area contributed by atoms with Crippen LogP contribution in [0.2, 0.25) is 0 Å². The lowest BCUT2D eigenvalue weighted by Crippen LogP contribution is -2.22. The molecule has 3 heterocycles. The van der Waals surface area contributed by atoms with Crippen molar-refractivity contribution in [3.8, 4) is 17.1 Å². The zero-order valence-corrected chi connectivity index (χ0v) is 16.5. The minimum absolute atomic E-state index is 0.134. The van der Waals surface area contributed by atoms with Gasteiger partial charge in [-0.25, -0.2) is 4.98 Å². The molecule has 4 rings (SSSR count). The Kier molecular flexibility index (Phi) is 5.45. The first-order valence-corrected chi connectivity index (χ1v) is 10.3. The van der Waals surface area contributed by atoms with Gasteiger partial charge in [0.05, 0.1) is 5.25 Å². The zero-order chi connectivity index (χ0) is 19.3. The van der Waals surface area contributed by atoms with Crippen molar-refractivity contribution in [1.82, 2.24) is 24.7 Å². The summed E-state index contributed by atoms with van der Waals surface area (Å²) in [6.07, 6.45) is 5.12. The van der Waals surface area contributed by atoms with Gasteiger partial charge >= 0.3 is 0 Å². The van der Waals surface area contributed by atoms with Crippen LogP contribution in [0.25, 0.3) is 17.1 Å². The molecule has 0 radical (unpaired) electrons. The number of aromatic nitrogens is 5. The predicted molar refractivity (Wildman–Crippen MR) is 111 cm³/mol. The van der Waals surface area contributed by atoms with Gasteiger partial charge in [0.15, 0.2) is 16.1 Å². The second-order valence-electron chi connectivity index (χ2n) is 5.81. The van der Waals surface area contributed by atoms with Crippen LogP contribution in [0.4, 0.5) is 5.13 Å². The maximum Gasteiger partial charge on any atom is 0.239 e. The zero-order valence-electron chi connectivity index (χ0n) is 14.9. The number of carbonyl (C=O) groups is 1. The molecule has 0 unspecified atom stereocenters. The third-order valence-corrected chi connectivity index (χ3v) is 5.61. The van der Waals surface area contributed by atoms with Crippen LogP contribution in [-0.2, 0) is 4.79 Å². The smallest absolute Gasteiger partial charge is 0.239 e. The van der Waals surface area contributed by atoms with Gasteiger partial charge in [-0.3, -0.25) is 14.3 Å². The standard InChI is InChI=1S/C19H16N6OS2/c1-13(17(26)22-18-21-10-11-27-18)28-19-24-23-16(14-6-5-9-20-12-14)25(19)15-7-3-2-4-8-15/h2-13H,1H3,(H,21,22,26)/t13-/m0/s1. The van der Waals surface area contributed by atoms with E-state index in [2.05, 4.69) is 25.5 Å². The monoisotopic (exact) mass is 408 g/mol. The summed E-state index contributed by atoms with van der Waals surface area (Å²) in [6.45, 7) is 1.83. The highest BCUT2D eigenvalue weighted by Crippen LogP contribution is 2.30. The van der Waals surface area contributed by atoms with E-state index in [0.717, 1.165) is 11.3 Å². The third-order valence-electron chi connectivity index (χ3n) is 3.88. The Hall–Kier alpha value is -3.04. The molecule has 0 bridgehead atoms. The second-order valence-corrected chi connectivity index (χ2v) is 8.01. The number of para-hydroxylation sites is 1. The third kappa shape index (κ3) is 3.95. The van der Waals surface area contributed by atoms with Crippen molar-refractivity contribution in [2.75, 3.05) is 5.32 Å². The summed E-state index contributed by atoms with van der Waals surface area (Å²) < 4.78 is 1.94. The van der Waals surface area contributed by atoms with E-state index >= 15 is 0 Å². The Bertz CT molecular complexity index is 1050. The van der Waals surface area contributed by atoms with Gasteiger partial charge in [0.2, 0.25) is 5.91 Å². The van der Waals surface area contributed by atoms with E-state index in [0.29, 0.717) is 16.1 Å². The Morgan fingerprint density at radius 1 is 1.14 bits per heavy atom. The number of hydrogen-bond acceptors (Lipinski definition) is 7. The molecule has 9 heteroatoms. The number of carbonyl (C=O) groups excluding carboxylic acids is 1. The van der Waals surface area contributed by atoms with Gasteiger partial charge in [-0.1, -0.05) is 30.0 Å². The Labute approximate surface area is 169 Å². The molecule has 1 aromatic carbocycles. The van der Waals surface area contributed by atoms with Gasteiger partial charge in [-0.05, 0) is 31.2 Å². The number of anilines is 1. The largest absolute Gasteiger partial charge is 0.301 e. The molecule has 0 fully saturated rings. The predicted octanol–water partition coefficient (Wildman–Crippen LogP) is 3.91. The van der Waals surface area contributed by atoms with E-state index in [4.69, 9.17) is 0 Å². The molecule has 1 atom stereocenters. The summed E-state index contributed by atoms with van der Waals surface area (Å²) in [5.41, 5.74) is 1.77. The van der Waals surface area contributed by atoms with Crippen LogP contribution >= 0.6 is 23.1 Å². The lowest BCUT2D eigenvalue weighted by molar-refractivity contribution is -0.115. The fourth-order valence-electron chi connectivity index (χ4n) is 2.54. The number of nitrogens with one attached hydrogen (secondary N) is 1. The molecule has 0 saturated carbocycles. The normalized spacial score (nSPS) is 11.9. The topological polar surface area (TPSA) is 85.6 Å². The first kappa shape index (κ1) is 18.3. The lowest BCUT2D eigenvalue weighted by atomic mass is 10.2. The molecule has 0 saturated heterocycles. The Morgan fingerprint density at radius 3 is 2.71 bits per heavy atom. The number of nitrogens with zero attached hydrogens (tertiary/aromatic N) is 5. The minimum Gasteiger partial charge on any atom is -0.301 e. The van der Waals surface area contributed by atoms with E-state index in [1.807, 2.05) is 59.3 Å². The summed E-state index contributed by atoms with van der Waals surface area (Å²) in [4.78, 5) is 20.8. The molecular formula is C19H16N6OS2. The van der Waals surface area contributed by atoms with Crippen LogP contribution in [0.1, 0.15) is 6.92 Å². The van der Waals surface area contributed by atoms with Gasteiger partial charge in [-0.15, -0.1) is 21.5 Å². The molecule has 0 aliphatic heterocycles. The van der Waals surface area contributed by atoms with Crippen LogP contribution < -0.4 is 5.32 Å². The Morgan fingerprint density at radius 2 is 2.00 bits per heavy atom. The average Bonchev–Trinajstić information content (AvgIpc) is 3.39. The molecule has 4 aromatic rings. The molecule has 140 valence electrons. The molecule has 0 spiro atoms. The van der Waals surface area contributed by atoms with E-state index in [1.54, 1.807) is 18.6 Å². The highest BCUT2D eigenvalue weighted by Gasteiger charge is 2.22. The van der Waals surface area contributed by atoms with Crippen molar-refractivity contribution in [3.63, 3.8) is 0 Å². The van der Waals surface area contributed by atoms with Crippen molar-refractivity contribution in [2.24, 2.45) is 0 Å². The number of thioether (sulfide) groups is 1. The number of rotatable bonds is 6. The van der Waals surface area contributed by atoms with Crippen LogP contribution in [0.3, 0.4) is 0 Å². The van der Waals surface area contributed by atoms with Crippen LogP contribution in [-0.4, -0.2) is 35.9 Å². The first-order valence-electron chi connectivity index (χ1n) is 8.50. The van der Waals surface area contributed by atoms with E-state index < -0.39 is 0 Å². The number of hydrogen-bond donors (Lipinski definition) is 1. The lowest BCUT2D eigenvalue weighted by Gasteiger charge is -2.13. The van der Waals surface area contributed by atoms with Gasteiger partial charge in [-0.2, -0.15) is 0 Å². The summed E-state index contributed by atoms with van der Waals surface area (Å²) in [6, 6.07) is 13.6. The van der Waals surface area contributed by atoms with Crippen molar-refractivity contribution in [1.29, 1.82) is 0 Å². The SMILES string of the molecule is C[C@H](Sc1nnc(-c2cccnc2)n1-c1ccccc1)C(=O)Nc1nccs1. The molecule has 1 N–H and O–H groups in total. The summed E-state index contributed by atoms with van der Waals surface area (Å²) in [7, 11) is 0. The fourth-order valence-corrected chi connectivity index (χ4v) is 3.94. The van der Waals surface area contributed by atoms with Gasteiger partial charge in [0.1, 0.15) is 0 Å². The maximum absolute atomic E-state index is 12.5. The molecule has 0 aliphatic carbocycles. The van der Waals surface area contributed by atoms with Crippen LogP contribution in [0.15, 0.2) is 71.6 Å². The van der Waals surface area contributed by atoms with E-state index in [9.17, 15) is 4.79 Å². The number of amides is 1. The number of benzene rings is 1. The highest BCUT2D eigenvalue weighted by molar-refractivity contribution is 8.00. The van der Waals surface area contributed by atoms with Gasteiger partial charge in [0.25, 0.3) is 0 Å². The van der Waals surface area contributed by atoms with Crippen molar-refractivity contribution in [3.05, 3.63) is 66.4 Å². The van der Waals surface area contributed by atoms with Crippen molar-refractivity contribution in [2.45, 2.75) is 17.3 Å². The molecular weight excluding hydrogens is 392 g/mol. The summed E-state index contributed by atoms with van der Waals surface area (Å²) in [5.74, 6) is 0.542. The van der Waals surface area contributed by atoms with Crippen LogP contribution in [0.5, 0.6) is 0 Å². The number of pyridine rings is 1. The van der Waals surface area contributed by atoms with Crippen molar-refractivity contribution < 1.29 is 4.79 Å². The highest BCUT2D eigenvalue weighted by atomic mass is 32.2.